The van der Waals surface area contributed by atoms with Crippen LogP contribution in [0.3, 0.4) is 0 Å². The van der Waals surface area contributed by atoms with Gasteiger partial charge in [-0.1, -0.05) is 18.5 Å². The summed E-state index contributed by atoms with van der Waals surface area (Å²) in [5.74, 6) is 1.13. The Kier molecular flexibility index (Phi) is 4.63. The second kappa shape index (κ2) is 6.43. The van der Waals surface area contributed by atoms with E-state index in [0.717, 1.165) is 17.5 Å². The van der Waals surface area contributed by atoms with Crippen molar-refractivity contribution < 1.29 is 9.53 Å². The fraction of sp³-hybridized carbons (Fsp3) is 0.286. The summed E-state index contributed by atoms with van der Waals surface area (Å²) in [7, 11) is 1.56. The van der Waals surface area contributed by atoms with Crippen molar-refractivity contribution in [1.82, 2.24) is 10.2 Å². The van der Waals surface area contributed by atoms with Crippen molar-refractivity contribution >= 4 is 23.3 Å². The first-order chi connectivity index (χ1) is 9.63. The summed E-state index contributed by atoms with van der Waals surface area (Å²) in [5.41, 5.74) is 1.71. The van der Waals surface area contributed by atoms with Crippen molar-refractivity contribution in [1.29, 1.82) is 0 Å². The van der Waals surface area contributed by atoms with Crippen molar-refractivity contribution in [3.8, 4) is 5.75 Å². The molecule has 6 heteroatoms. The van der Waals surface area contributed by atoms with Crippen molar-refractivity contribution in [3.63, 3.8) is 0 Å². The first-order valence-electron chi connectivity index (χ1n) is 6.28. The molecule has 0 radical (unpaired) electrons. The highest BCUT2D eigenvalue weighted by atomic mass is 35.5. The molecule has 106 valence electrons. The SMILES string of the molecule is CCc1cn[nH]c1NC(=O)Cc1cc(Cl)ccc1OC. The molecule has 0 unspecified atom stereocenters. The van der Waals surface area contributed by atoms with Gasteiger partial charge in [-0.3, -0.25) is 9.89 Å². The van der Waals surface area contributed by atoms with Crippen LogP contribution in [0.5, 0.6) is 5.75 Å². The molecular formula is C14H16ClN3O2. The van der Waals surface area contributed by atoms with Crippen LogP contribution in [0, 0.1) is 0 Å². The third-order valence-electron chi connectivity index (χ3n) is 2.96. The van der Waals surface area contributed by atoms with E-state index in [1.807, 2.05) is 6.92 Å². The summed E-state index contributed by atoms with van der Waals surface area (Å²) in [6, 6.07) is 5.21. The molecule has 2 N–H and O–H groups in total. The molecule has 0 bridgehead atoms. The van der Waals surface area contributed by atoms with Crippen LogP contribution in [0.25, 0.3) is 0 Å². The maximum atomic E-state index is 12.1. The molecule has 0 spiro atoms. The van der Waals surface area contributed by atoms with Crippen molar-refractivity contribution in [2.24, 2.45) is 0 Å². The number of H-pyrrole nitrogens is 1. The van der Waals surface area contributed by atoms with E-state index < -0.39 is 0 Å². The highest BCUT2D eigenvalue weighted by Gasteiger charge is 2.12. The number of aromatic nitrogens is 2. The Morgan fingerprint density at radius 2 is 2.25 bits per heavy atom. The van der Waals surface area contributed by atoms with Crippen LogP contribution >= 0.6 is 11.6 Å². The number of methoxy groups -OCH3 is 1. The average Bonchev–Trinajstić information content (AvgIpc) is 2.86. The molecule has 2 aromatic rings. The van der Waals surface area contributed by atoms with Crippen LogP contribution < -0.4 is 10.1 Å². The summed E-state index contributed by atoms with van der Waals surface area (Å²) in [6.45, 7) is 2.00. The quantitative estimate of drug-likeness (QED) is 0.891. The average molecular weight is 294 g/mol. The Morgan fingerprint density at radius 3 is 2.95 bits per heavy atom. The van der Waals surface area contributed by atoms with Gasteiger partial charge in [0.2, 0.25) is 5.91 Å². The van der Waals surface area contributed by atoms with Crippen LogP contribution in [0.4, 0.5) is 5.82 Å². The van der Waals surface area contributed by atoms with Crippen LogP contribution in [0.15, 0.2) is 24.4 Å². The van der Waals surface area contributed by atoms with E-state index in [4.69, 9.17) is 16.3 Å². The summed E-state index contributed by atoms with van der Waals surface area (Å²) in [6.07, 6.45) is 2.69. The van der Waals surface area contributed by atoms with Gasteiger partial charge >= 0.3 is 0 Å². The molecule has 1 heterocycles. The number of benzene rings is 1. The number of carbonyl (C=O) groups excluding carboxylic acids is 1. The van der Waals surface area contributed by atoms with Gasteiger partial charge < -0.3 is 10.1 Å². The van der Waals surface area contributed by atoms with E-state index in [9.17, 15) is 4.79 Å². The van der Waals surface area contributed by atoms with Crippen molar-refractivity contribution in [2.45, 2.75) is 19.8 Å². The van der Waals surface area contributed by atoms with Crippen LogP contribution in [0.2, 0.25) is 5.02 Å². The fourth-order valence-electron chi connectivity index (χ4n) is 1.93. The Balaban J connectivity index is 2.10. The minimum absolute atomic E-state index is 0.149. The number of nitrogens with one attached hydrogen (secondary N) is 2. The van der Waals surface area contributed by atoms with Crippen LogP contribution in [0.1, 0.15) is 18.1 Å². The van der Waals surface area contributed by atoms with Gasteiger partial charge in [0, 0.05) is 16.1 Å². The van der Waals surface area contributed by atoms with Crippen LogP contribution in [-0.2, 0) is 17.6 Å². The van der Waals surface area contributed by atoms with Gasteiger partial charge in [0.05, 0.1) is 19.7 Å². The lowest BCUT2D eigenvalue weighted by atomic mass is 10.1. The first-order valence-corrected chi connectivity index (χ1v) is 6.66. The minimum atomic E-state index is -0.149. The molecule has 0 saturated heterocycles. The largest absolute Gasteiger partial charge is 0.496 e. The van der Waals surface area contributed by atoms with Gasteiger partial charge in [0.25, 0.3) is 0 Å². The second-order valence-electron chi connectivity index (χ2n) is 4.30. The molecule has 0 fully saturated rings. The number of aromatic amines is 1. The van der Waals surface area contributed by atoms with Crippen molar-refractivity contribution in [3.05, 3.63) is 40.5 Å². The number of ether oxygens (including phenoxy) is 1. The lowest BCUT2D eigenvalue weighted by Gasteiger charge is -2.09. The zero-order valence-electron chi connectivity index (χ0n) is 11.4. The Hall–Kier alpha value is -2.01. The van der Waals surface area contributed by atoms with Gasteiger partial charge in [0.1, 0.15) is 11.6 Å². The monoisotopic (exact) mass is 293 g/mol. The zero-order chi connectivity index (χ0) is 14.5. The Morgan fingerprint density at radius 1 is 1.45 bits per heavy atom. The first kappa shape index (κ1) is 14.4. The highest BCUT2D eigenvalue weighted by Crippen LogP contribution is 2.23. The predicted octanol–water partition coefficient (Wildman–Crippen LogP) is 2.82. The number of halogens is 1. The number of hydrogen-bond acceptors (Lipinski definition) is 3. The number of nitrogens with zero attached hydrogens (tertiary/aromatic N) is 1. The second-order valence-corrected chi connectivity index (χ2v) is 4.74. The third-order valence-corrected chi connectivity index (χ3v) is 3.19. The molecular weight excluding hydrogens is 278 g/mol. The van der Waals surface area contributed by atoms with Gasteiger partial charge in [-0.05, 0) is 24.6 Å². The molecule has 1 aromatic carbocycles. The molecule has 0 aliphatic carbocycles. The molecule has 0 saturated carbocycles. The van der Waals surface area contributed by atoms with Crippen LogP contribution in [-0.4, -0.2) is 23.2 Å². The lowest BCUT2D eigenvalue weighted by Crippen LogP contribution is -2.16. The molecule has 0 atom stereocenters. The summed E-state index contributed by atoms with van der Waals surface area (Å²) in [4.78, 5) is 12.1. The predicted molar refractivity (Wildman–Crippen MR) is 78.3 cm³/mol. The molecule has 0 aliphatic heterocycles. The standard InChI is InChI=1S/C14H16ClN3O2/c1-3-9-8-16-18-14(9)17-13(19)7-10-6-11(15)4-5-12(10)20-2/h4-6,8H,3,7H2,1-2H3,(H2,16,17,18,19). The summed E-state index contributed by atoms with van der Waals surface area (Å²) >= 11 is 5.94. The summed E-state index contributed by atoms with van der Waals surface area (Å²) < 4.78 is 5.22. The fourth-order valence-corrected chi connectivity index (χ4v) is 2.12. The van der Waals surface area contributed by atoms with Gasteiger partial charge in [-0.2, -0.15) is 5.10 Å². The normalized spacial score (nSPS) is 10.3. The van der Waals surface area contributed by atoms with E-state index in [1.54, 1.807) is 31.5 Å². The topological polar surface area (TPSA) is 67.0 Å². The Bertz CT molecular complexity index is 610. The number of hydrogen-bond donors (Lipinski definition) is 2. The number of carbonyl (C=O) groups is 1. The van der Waals surface area contributed by atoms with E-state index in [-0.39, 0.29) is 12.3 Å². The molecule has 20 heavy (non-hydrogen) atoms. The van der Waals surface area contributed by atoms with E-state index in [0.29, 0.717) is 16.6 Å². The Labute approximate surface area is 122 Å². The molecule has 2 rings (SSSR count). The maximum Gasteiger partial charge on any atom is 0.230 e. The highest BCUT2D eigenvalue weighted by molar-refractivity contribution is 6.30. The number of aryl methyl sites for hydroxylation is 1. The number of amides is 1. The number of rotatable bonds is 5. The minimum Gasteiger partial charge on any atom is -0.496 e. The lowest BCUT2D eigenvalue weighted by molar-refractivity contribution is -0.115. The summed E-state index contributed by atoms with van der Waals surface area (Å²) in [5, 5.41) is 10.1. The molecule has 5 nitrogen and oxygen atoms in total. The van der Waals surface area contributed by atoms with E-state index in [1.165, 1.54) is 0 Å². The van der Waals surface area contributed by atoms with Gasteiger partial charge in [-0.15, -0.1) is 0 Å². The molecule has 1 amide bonds. The van der Waals surface area contributed by atoms with E-state index in [2.05, 4.69) is 15.5 Å². The molecule has 0 aliphatic rings. The molecule has 1 aromatic heterocycles. The zero-order valence-corrected chi connectivity index (χ0v) is 12.1. The van der Waals surface area contributed by atoms with Gasteiger partial charge in [0.15, 0.2) is 0 Å². The van der Waals surface area contributed by atoms with E-state index >= 15 is 0 Å². The smallest absolute Gasteiger partial charge is 0.230 e. The maximum absolute atomic E-state index is 12.1. The van der Waals surface area contributed by atoms with Crippen molar-refractivity contribution in [2.75, 3.05) is 12.4 Å². The van der Waals surface area contributed by atoms with Gasteiger partial charge in [-0.25, -0.2) is 0 Å². The number of anilines is 1. The third kappa shape index (κ3) is 3.30.